The smallest absolute Gasteiger partial charge is 0.125 e. The van der Waals surface area contributed by atoms with Gasteiger partial charge in [-0.1, -0.05) is 6.07 Å². The van der Waals surface area contributed by atoms with Gasteiger partial charge in [-0.3, -0.25) is 0 Å². The summed E-state index contributed by atoms with van der Waals surface area (Å²) in [4.78, 5) is 0. The summed E-state index contributed by atoms with van der Waals surface area (Å²) < 4.78 is 11.3. The molecule has 3 nitrogen and oxygen atoms in total. The molecular weight excluding hydrogens is 238 g/mol. The first-order chi connectivity index (χ1) is 9.06. The molecule has 0 aliphatic rings. The summed E-state index contributed by atoms with van der Waals surface area (Å²) in [5.41, 5.74) is 3.53. The van der Waals surface area contributed by atoms with E-state index in [9.17, 15) is 0 Å². The molecule has 0 aliphatic heterocycles. The number of furan rings is 1. The van der Waals surface area contributed by atoms with Gasteiger partial charge in [0.25, 0.3) is 0 Å². The van der Waals surface area contributed by atoms with Gasteiger partial charge in [-0.05, 0) is 57.1 Å². The maximum absolute atomic E-state index is 5.76. The minimum Gasteiger partial charge on any atom is -0.496 e. The summed E-state index contributed by atoms with van der Waals surface area (Å²) in [5, 5.41) is 3.31. The van der Waals surface area contributed by atoms with Crippen molar-refractivity contribution in [3.05, 3.63) is 52.5 Å². The van der Waals surface area contributed by atoms with Crippen molar-refractivity contribution in [2.45, 2.75) is 26.8 Å². The van der Waals surface area contributed by atoms with E-state index < -0.39 is 0 Å². The van der Waals surface area contributed by atoms with Gasteiger partial charge in [-0.15, -0.1) is 0 Å². The minimum absolute atomic E-state index is 0.00394. The standard InChI is InChI=1S/C16H21NO2/c1-10-8-11(2)15(14(9-10)18-5)16(17-4)13-7-6-12(3)19-13/h6-9,16-17H,1-5H3. The number of nitrogens with one attached hydrogen (secondary N) is 1. The van der Waals surface area contributed by atoms with Crippen LogP contribution in [0, 0.1) is 20.8 Å². The van der Waals surface area contributed by atoms with Gasteiger partial charge in [0.15, 0.2) is 0 Å². The average molecular weight is 259 g/mol. The van der Waals surface area contributed by atoms with Gasteiger partial charge in [-0.25, -0.2) is 0 Å². The molecule has 19 heavy (non-hydrogen) atoms. The maximum atomic E-state index is 5.76. The number of hydrogen-bond acceptors (Lipinski definition) is 3. The molecule has 1 aromatic heterocycles. The predicted molar refractivity (Wildman–Crippen MR) is 76.8 cm³/mol. The van der Waals surface area contributed by atoms with Crippen molar-refractivity contribution in [2.24, 2.45) is 0 Å². The second kappa shape index (κ2) is 5.49. The first-order valence-corrected chi connectivity index (χ1v) is 6.45. The van der Waals surface area contributed by atoms with E-state index in [1.54, 1.807) is 7.11 Å². The van der Waals surface area contributed by atoms with Crippen molar-refractivity contribution in [3.8, 4) is 5.75 Å². The Labute approximate surface area is 114 Å². The van der Waals surface area contributed by atoms with Crippen LogP contribution in [0.4, 0.5) is 0 Å². The number of hydrogen-bond donors (Lipinski definition) is 1. The van der Waals surface area contributed by atoms with Crippen molar-refractivity contribution in [3.63, 3.8) is 0 Å². The zero-order valence-corrected chi connectivity index (χ0v) is 12.2. The van der Waals surface area contributed by atoms with Gasteiger partial charge >= 0.3 is 0 Å². The van der Waals surface area contributed by atoms with Crippen LogP contribution in [0.3, 0.4) is 0 Å². The molecule has 102 valence electrons. The number of aryl methyl sites for hydroxylation is 3. The summed E-state index contributed by atoms with van der Waals surface area (Å²) in [6.45, 7) is 6.13. The third-order valence-corrected chi connectivity index (χ3v) is 3.34. The Morgan fingerprint density at radius 1 is 1.16 bits per heavy atom. The topological polar surface area (TPSA) is 34.4 Å². The van der Waals surface area contributed by atoms with Crippen LogP contribution in [-0.4, -0.2) is 14.2 Å². The van der Waals surface area contributed by atoms with Crippen LogP contribution in [0.15, 0.2) is 28.7 Å². The molecule has 0 amide bonds. The fraction of sp³-hybridized carbons (Fsp3) is 0.375. The molecule has 0 bridgehead atoms. The van der Waals surface area contributed by atoms with E-state index in [0.717, 1.165) is 22.8 Å². The molecule has 2 rings (SSSR count). The fourth-order valence-corrected chi connectivity index (χ4v) is 2.52. The summed E-state index contributed by atoms with van der Waals surface area (Å²) in [6.07, 6.45) is 0. The van der Waals surface area contributed by atoms with E-state index in [0.29, 0.717) is 0 Å². The van der Waals surface area contributed by atoms with E-state index in [4.69, 9.17) is 9.15 Å². The van der Waals surface area contributed by atoms with Crippen molar-refractivity contribution in [2.75, 3.05) is 14.2 Å². The van der Waals surface area contributed by atoms with Crippen LogP contribution in [0.5, 0.6) is 5.75 Å². The van der Waals surface area contributed by atoms with Crippen LogP contribution in [0.1, 0.15) is 34.3 Å². The van der Waals surface area contributed by atoms with Crippen LogP contribution < -0.4 is 10.1 Å². The number of rotatable bonds is 4. The van der Waals surface area contributed by atoms with Crippen LogP contribution in [0.25, 0.3) is 0 Å². The van der Waals surface area contributed by atoms with Gasteiger partial charge in [0.05, 0.1) is 13.2 Å². The third kappa shape index (κ3) is 2.66. The third-order valence-electron chi connectivity index (χ3n) is 3.34. The summed E-state index contributed by atoms with van der Waals surface area (Å²) >= 11 is 0. The molecule has 0 saturated carbocycles. The maximum Gasteiger partial charge on any atom is 0.125 e. The molecule has 1 atom stereocenters. The molecule has 3 heteroatoms. The SMILES string of the molecule is CNC(c1ccc(C)o1)c1c(C)cc(C)cc1OC. The first kappa shape index (κ1) is 13.7. The van der Waals surface area contributed by atoms with Crippen molar-refractivity contribution in [1.29, 1.82) is 0 Å². The van der Waals surface area contributed by atoms with E-state index in [1.165, 1.54) is 11.1 Å². The zero-order chi connectivity index (χ0) is 14.0. The van der Waals surface area contributed by atoms with E-state index in [1.807, 2.05) is 26.1 Å². The Balaban J connectivity index is 2.55. The minimum atomic E-state index is 0.00394. The van der Waals surface area contributed by atoms with Gasteiger partial charge in [0.1, 0.15) is 17.3 Å². The Morgan fingerprint density at radius 2 is 1.89 bits per heavy atom. The largest absolute Gasteiger partial charge is 0.496 e. The predicted octanol–water partition coefficient (Wildman–Crippen LogP) is 3.52. The summed E-state index contributed by atoms with van der Waals surface area (Å²) in [7, 11) is 3.64. The molecule has 1 unspecified atom stereocenters. The lowest BCUT2D eigenvalue weighted by Crippen LogP contribution is -2.19. The van der Waals surface area contributed by atoms with E-state index in [2.05, 4.69) is 31.3 Å². The molecular formula is C16H21NO2. The van der Waals surface area contributed by atoms with Gasteiger partial charge in [0, 0.05) is 5.56 Å². The normalized spacial score (nSPS) is 12.5. The average Bonchev–Trinajstić information content (AvgIpc) is 2.78. The highest BCUT2D eigenvalue weighted by molar-refractivity contribution is 5.47. The Bertz CT molecular complexity index is 572. The van der Waals surface area contributed by atoms with Gasteiger partial charge in [0.2, 0.25) is 0 Å². The quantitative estimate of drug-likeness (QED) is 0.912. The van der Waals surface area contributed by atoms with Crippen molar-refractivity contribution >= 4 is 0 Å². The van der Waals surface area contributed by atoms with E-state index >= 15 is 0 Å². The van der Waals surface area contributed by atoms with Crippen molar-refractivity contribution < 1.29 is 9.15 Å². The lowest BCUT2D eigenvalue weighted by atomic mass is 9.96. The van der Waals surface area contributed by atoms with Gasteiger partial charge < -0.3 is 14.5 Å². The number of ether oxygens (including phenoxy) is 1. The summed E-state index contributed by atoms with van der Waals surface area (Å²) in [6, 6.07) is 8.22. The van der Waals surface area contributed by atoms with E-state index in [-0.39, 0.29) is 6.04 Å². The molecule has 0 fully saturated rings. The number of benzene rings is 1. The van der Waals surface area contributed by atoms with Crippen LogP contribution >= 0.6 is 0 Å². The highest BCUT2D eigenvalue weighted by Crippen LogP contribution is 2.34. The monoisotopic (exact) mass is 259 g/mol. The molecule has 0 aliphatic carbocycles. The first-order valence-electron chi connectivity index (χ1n) is 6.45. The molecule has 0 spiro atoms. The summed E-state index contributed by atoms with van der Waals surface area (Å²) in [5.74, 6) is 2.72. The lowest BCUT2D eigenvalue weighted by molar-refractivity contribution is 0.393. The van der Waals surface area contributed by atoms with Crippen molar-refractivity contribution in [1.82, 2.24) is 5.32 Å². The second-order valence-electron chi connectivity index (χ2n) is 4.87. The highest BCUT2D eigenvalue weighted by Gasteiger charge is 2.22. The highest BCUT2D eigenvalue weighted by atomic mass is 16.5. The zero-order valence-electron chi connectivity index (χ0n) is 12.2. The van der Waals surface area contributed by atoms with Crippen LogP contribution in [-0.2, 0) is 0 Å². The fourth-order valence-electron chi connectivity index (χ4n) is 2.52. The second-order valence-corrected chi connectivity index (χ2v) is 4.87. The Hall–Kier alpha value is -1.74. The lowest BCUT2D eigenvalue weighted by Gasteiger charge is -2.20. The molecule has 0 saturated heterocycles. The molecule has 1 heterocycles. The molecule has 2 aromatic rings. The molecule has 0 radical (unpaired) electrons. The Morgan fingerprint density at radius 3 is 2.42 bits per heavy atom. The molecule has 1 aromatic carbocycles. The number of methoxy groups -OCH3 is 1. The Kier molecular flexibility index (Phi) is 3.96. The van der Waals surface area contributed by atoms with Gasteiger partial charge in [-0.2, -0.15) is 0 Å². The van der Waals surface area contributed by atoms with Crippen LogP contribution in [0.2, 0.25) is 0 Å². The molecule has 1 N–H and O–H groups in total.